The fourth-order valence-electron chi connectivity index (χ4n) is 3.39. The lowest BCUT2D eigenvalue weighted by atomic mass is 9.68. The second-order valence-corrected chi connectivity index (χ2v) is 5.27. The lowest BCUT2D eigenvalue weighted by Crippen LogP contribution is -2.23. The van der Waals surface area contributed by atoms with Gasteiger partial charge >= 0.3 is 0 Å². The minimum absolute atomic E-state index is 0.281. The molecule has 2 atom stereocenters. The van der Waals surface area contributed by atoms with Gasteiger partial charge in [0.15, 0.2) is 0 Å². The molecule has 0 heterocycles. The third-order valence-corrected chi connectivity index (χ3v) is 4.25. The highest BCUT2D eigenvalue weighted by Gasteiger charge is 2.32. The maximum Gasteiger partial charge on any atom is 0.146 e. The molecule has 1 nitrogen and oxygen atoms in total. The third-order valence-electron chi connectivity index (χ3n) is 4.25. The molecule has 0 aromatic heterocycles. The number of allylic oxidation sites excluding steroid dienone is 4. The van der Waals surface area contributed by atoms with Crippen LogP contribution in [0.1, 0.15) is 37.2 Å². The molecular weight excluding hydrogens is 220 g/mol. The van der Waals surface area contributed by atoms with Crippen molar-refractivity contribution in [2.45, 2.75) is 31.6 Å². The summed E-state index contributed by atoms with van der Waals surface area (Å²) in [6.45, 7) is 0. The fourth-order valence-corrected chi connectivity index (χ4v) is 3.39. The van der Waals surface area contributed by atoms with Crippen molar-refractivity contribution < 1.29 is 4.79 Å². The number of hydrogen-bond donors (Lipinski definition) is 0. The normalized spacial score (nSPS) is 26.9. The van der Waals surface area contributed by atoms with Gasteiger partial charge in [-0.15, -0.1) is 0 Å². The highest BCUT2D eigenvalue weighted by molar-refractivity contribution is 5.78. The van der Waals surface area contributed by atoms with Crippen LogP contribution in [0.2, 0.25) is 0 Å². The minimum atomic E-state index is 0.281. The van der Waals surface area contributed by atoms with E-state index < -0.39 is 0 Å². The number of rotatable bonds is 2. The van der Waals surface area contributed by atoms with E-state index in [1.165, 1.54) is 31.2 Å². The molecule has 1 heteroatoms. The molecule has 0 bridgehead atoms. The maximum absolute atomic E-state index is 11.3. The zero-order valence-electron chi connectivity index (χ0n) is 10.5. The topological polar surface area (TPSA) is 17.1 Å². The van der Waals surface area contributed by atoms with Gasteiger partial charge in [0, 0.05) is 5.92 Å². The molecule has 1 saturated carbocycles. The van der Waals surface area contributed by atoms with Crippen LogP contribution in [0.4, 0.5) is 0 Å². The molecule has 2 aliphatic carbocycles. The summed E-state index contributed by atoms with van der Waals surface area (Å²) >= 11 is 0. The molecular formula is C17H18O. The largest absolute Gasteiger partial charge is 0.298 e. The number of hydrogen-bond acceptors (Lipinski definition) is 1. The first-order valence-electron chi connectivity index (χ1n) is 6.81. The van der Waals surface area contributed by atoms with Crippen molar-refractivity contribution in [3.05, 3.63) is 59.2 Å². The van der Waals surface area contributed by atoms with Crippen molar-refractivity contribution in [1.82, 2.24) is 0 Å². The molecule has 2 aliphatic rings. The average molecular weight is 238 g/mol. The first-order valence-corrected chi connectivity index (χ1v) is 6.81. The lowest BCUT2D eigenvalue weighted by molar-refractivity contribution is -0.105. The molecule has 0 aliphatic heterocycles. The van der Waals surface area contributed by atoms with Crippen molar-refractivity contribution in [2.75, 3.05) is 0 Å². The molecule has 0 radical (unpaired) electrons. The zero-order valence-corrected chi connectivity index (χ0v) is 10.5. The Bertz CT molecular complexity index is 496. The van der Waals surface area contributed by atoms with Crippen molar-refractivity contribution in [3.63, 3.8) is 0 Å². The lowest BCUT2D eigenvalue weighted by Gasteiger charge is -2.35. The minimum Gasteiger partial charge on any atom is -0.298 e. The van der Waals surface area contributed by atoms with Crippen molar-refractivity contribution >= 4 is 6.29 Å². The predicted molar refractivity (Wildman–Crippen MR) is 73.4 cm³/mol. The fraction of sp³-hybridized carbons (Fsp3) is 0.353. The standard InChI is InChI=1S/C17H18O/c18-12-15-11-10-13-6-4-5-9-16(13)17(15)14-7-2-1-3-8-14/h1-3,7-8,10-12,16-17H,4-6,9H2/t16-,17-/m1/s1. The average Bonchev–Trinajstić information content (AvgIpc) is 2.47. The third kappa shape index (κ3) is 1.94. The van der Waals surface area contributed by atoms with E-state index in [0.29, 0.717) is 5.92 Å². The predicted octanol–water partition coefficient (Wildman–Crippen LogP) is 4.03. The van der Waals surface area contributed by atoms with Crippen LogP contribution in [0.5, 0.6) is 0 Å². The highest BCUT2D eigenvalue weighted by atomic mass is 16.1. The Labute approximate surface area is 108 Å². The van der Waals surface area contributed by atoms with Gasteiger partial charge in [0.05, 0.1) is 0 Å². The molecule has 1 fully saturated rings. The summed E-state index contributed by atoms with van der Waals surface area (Å²) in [6, 6.07) is 10.5. The van der Waals surface area contributed by atoms with E-state index in [9.17, 15) is 4.79 Å². The number of aldehydes is 1. The molecule has 0 saturated heterocycles. The van der Waals surface area contributed by atoms with Gasteiger partial charge in [-0.25, -0.2) is 0 Å². The second-order valence-electron chi connectivity index (χ2n) is 5.27. The van der Waals surface area contributed by atoms with E-state index in [0.717, 1.165) is 11.9 Å². The number of benzene rings is 1. The summed E-state index contributed by atoms with van der Waals surface area (Å²) < 4.78 is 0. The van der Waals surface area contributed by atoms with Crippen LogP contribution in [-0.2, 0) is 4.79 Å². The van der Waals surface area contributed by atoms with Crippen LogP contribution in [-0.4, -0.2) is 6.29 Å². The van der Waals surface area contributed by atoms with Crippen LogP contribution in [0.3, 0.4) is 0 Å². The van der Waals surface area contributed by atoms with Crippen LogP contribution < -0.4 is 0 Å². The summed E-state index contributed by atoms with van der Waals surface area (Å²) in [6.07, 6.45) is 10.3. The highest BCUT2D eigenvalue weighted by Crippen LogP contribution is 2.45. The van der Waals surface area contributed by atoms with Gasteiger partial charge in [-0.05, 0) is 36.3 Å². The van der Waals surface area contributed by atoms with Crippen molar-refractivity contribution in [3.8, 4) is 0 Å². The SMILES string of the molecule is O=CC1=CC=C2CCCC[C@H]2[C@@H]1c1ccccc1. The number of carbonyl (C=O) groups is 1. The second kappa shape index (κ2) is 4.93. The molecule has 0 unspecified atom stereocenters. The van der Waals surface area contributed by atoms with Crippen molar-refractivity contribution in [2.24, 2.45) is 5.92 Å². The number of carbonyl (C=O) groups excluding carboxylic acids is 1. The van der Waals surface area contributed by atoms with E-state index in [4.69, 9.17) is 0 Å². The first kappa shape index (κ1) is 11.5. The Morgan fingerprint density at radius 3 is 2.67 bits per heavy atom. The summed E-state index contributed by atoms with van der Waals surface area (Å²) in [4.78, 5) is 11.3. The van der Waals surface area contributed by atoms with E-state index in [1.807, 2.05) is 12.1 Å². The number of fused-ring (bicyclic) bond motifs is 1. The Morgan fingerprint density at radius 2 is 1.89 bits per heavy atom. The maximum atomic E-state index is 11.3. The smallest absolute Gasteiger partial charge is 0.146 e. The molecule has 1 aromatic rings. The Balaban J connectivity index is 2.02. The Hall–Kier alpha value is -1.63. The van der Waals surface area contributed by atoms with Crippen LogP contribution in [0.25, 0.3) is 0 Å². The summed E-state index contributed by atoms with van der Waals surface area (Å²) in [5.74, 6) is 0.829. The van der Waals surface area contributed by atoms with E-state index in [1.54, 1.807) is 5.57 Å². The molecule has 3 rings (SSSR count). The van der Waals surface area contributed by atoms with Gasteiger partial charge in [-0.3, -0.25) is 4.79 Å². The molecule has 18 heavy (non-hydrogen) atoms. The zero-order chi connectivity index (χ0) is 12.4. The monoisotopic (exact) mass is 238 g/mol. The van der Waals surface area contributed by atoms with E-state index >= 15 is 0 Å². The summed E-state index contributed by atoms with van der Waals surface area (Å²) in [5.41, 5.74) is 3.77. The summed E-state index contributed by atoms with van der Waals surface area (Å²) in [5, 5.41) is 0. The Kier molecular flexibility index (Phi) is 3.14. The van der Waals surface area contributed by atoms with Gasteiger partial charge in [0.2, 0.25) is 0 Å². The van der Waals surface area contributed by atoms with Gasteiger partial charge < -0.3 is 0 Å². The van der Waals surface area contributed by atoms with Crippen LogP contribution >= 0.6 is 0 Å². The van der Waals surface area contributed by atoms with Crippen molar-refractivity contribution in [1.29, 1.82) is 0 Å². The van der Waals surface area contributed by atoms with Gasteiger partial charge in [0.25, 0.3) is 0 Å². The van der Waals surface area contributed by atoms with E-state index in [2.05, 4.69) is 30.3 Å². The molecule has 1 aromatic carbocycles. The molecule has 92 valence electrons. The molecule has 0 spiro atoms. The first-order chi connectivity index (χ1) is 8.90. The van der Waals surface area contributed by atoms with E-state index in [-0.39, 0.29) is 5.92 Å². The quantitative estimate of drug-likeness (QED) is 0.711. The Morgan fingerprint density at radius 1 is 1.06 bits per heavy atom. The molecule has 0 amide bonds. The van der Waals surface area contributed by atoms with Gasteiger partial charge in [0.1, 0.15) is 6.29 Å². The van der Waals surface area contributed by atoms with Gasteiger partial charge in [-0.1, -0.05) is 54.5 Å². The van der Waals surface area contributed by atoms with Gasteiger partial charge in [-0.2, -0.15) is 0 Å². The summed E-state index contributed by atoms with van der Waals surface area (Å²) in [7, 11) is 0. The molecule has 0 N–H and O–H groups in total. The van der Waals surface area contributed by atoms with Crippen LogP contribution in [0.15, 0.2) is 53.6 Å². The van der Waals surface area contributed by atoms with Crippen LogP contribution in [0, 0.1) is 5.92 Å².